The molecule has 0 saturated carbocycles. The molecular formula is C17H17FN2O5. The van der Waals surface area contributed by atoms with Gasteiger partial charge in [-0.2, -0.15) is 0 Å². The van der Waals surface area contributed by atoms with Crippen molar-refractivity contribution in [3.63, 3.8) is 0 Å². The summed E-state index contributed by atoms with van der Waals surface area (Å²) in [6.45, 7) is 3.10. The van der Waals surface area contributed by atoms with Crippen molar-refractivity contribution < 1.29 is 28.0 Å². The minimum Gasteiger partial charge on any atom is -0.494 e. The van der Waals surface area contributed by atoms with Gasteiger partial charge in [0.15, 0.2) is 23.5 Å². The number of ether oxygens (including phenoxy) is 2. The summed E-state index contributed by atoms with van der Waals surface area (Å²) < 4.78 is 28.2. The maximum Gasteiger partial charge on any atom is 0.331 e. The van der Waals surface area contributed by atoms with E-state index in [9.17, 15) is 14.0 Å². The zero-order valence-electron chi connectivity index (χ0n) is 13.9. The van der Waals surface area contributed by atoms with Crippen LogP contribution >= 0.6 is 0 Å². The Morgan fingerprint density at radius 2 is 2.12 bits per heavy atom. The first-order valence-electron chi connectivity index (χ1n) is 7.35. The number of aromatic nitrogens is 1. The normalized spacial score (nSPS) is 12.0. The Bertz CT molecular complexity index is 800. The van der Waals surface area contributed by atoms with Gasteiger partial charge in [-0.3, -0.25) is 4.79 Å². The third-order valence-electron chi connectivity index (χ3n) is 3.13. The predicted molar refractivity (Wildman–Crippen MR) is 87.4 cm³/mol. The SMILES string of the molecule is COc1ccc(/C=C/C(=O)O[C@@H](C)C(=O)Nc2cc(C)on2)cc1F. The van der Waals surface area contributed by atoms with Gasteiger partial charge in [0.2, 0.25) is 0 Å². The minimum atomic E-state index is -1.04. The van der Waals surface area contributed by atoms with Crippen LogP contribution in [0.2, 0.25) is 0 Å². The lowest BCUT2D eigenvalue weighted by Crippen LogP contribution is -2.29. The highest BCUT2D eigenvalue weighted by atomic mass is 19.1. The van der Waals surface area contributed by atoms with Crippen molar-refractivity contribution >= 4 is 23.8 Å². The first-order valence-corrected chi connectivity index (χ1v) is 7.35. The van der Waals surface area contributed by atoms with Crippen LogP contribution in [-0.2, 0) is 14.3 Å². The molecule has 1 aromatic heterocycles. The van der Waals surface area contributed by atoms with Gasteiger partial charge < -0.3 is 19.3 Å². The molecule has 1 amide bonds. The summed E-state index contributed by atoms with van der Waals surface area (Å²) in [7, 11) is 1.36. The van der Waals surface area contributed by atoms with E-state index in [0.29, 0.717) is 11.3 Å². The van der Waals surface area contributed by atoms with Gasteiger partial charge in [-0.05, 0) is 37.6 Å². The number of esters is 1. The number of benzene rings is 1. The van der Waals surface area contributed by atoms with Crippen LogP contribution in [0.1, 0.15) is 18.2 Å². The number of carbonyl (C=O) groups is 2. The molecule has 7 nitrogen and oxygen atoms in total. The van der Waals surface area contributed by atoms with Gasteiger partial charge in [-0.15, -0.1) is 0 Å². The lowest BCUT2D eigenvalue weighted by Gasteiger charge is -2.10. The average molecular weight is 348 g/mol. The number of halogens is 1. The summed E-state index contributed by atoms with van der Waals surface area (Å²) in [5.74, 6) is -0.966. The molecule has 0 bridgehead atoms. The van der Waals surface area contributed by atoms with E-state index in [1.807, 2.05) is 0 Å². The van der Waals surface area contributed by atoms with Crippen molar-refractivity contribution in [1.82, 2.24) is 5.16 Å². The smallest absolute Gasteiger partial charge is 0.331 e. The van der Waals surface area contributed by atoms with Crippen LogP contribution in [0.4, 0.5) is 10.2 Å². The Hall–Kier alpha value is -3.16. The van der Waals surface area contributed by atoms with Crippen LogP contribution in [0.5, 0.6) is 5.75 Å². The summed E-state index contributed by atoms with van der Waals surface area (Å²) >= 11 is 0. The highest BCUT2D eigenvalue weighted by Crippen LogP contribution is 2.18. The topological polar surface area (TPSA) is 90.7 Å². The summed E-state index contributed by atoms with van der Waals surface area (Å²) in [5.41, 5.74) is 0.449. The quantitative estimate of drug-likeness (QED) is 0.638. The lowest BCUT2D eigenvalue weighted by molar-refractivity contribution is -0.148. The number of carbonyl (C=O) groups excluding carboxylic acids is 2. The highest BCUT2D eigenvalue weighted by molar-refractivity contribution is 5.96. The average Bonchev–Trinajstić information content (AvgIpc) is 2.98. The largest absolute Gasteiger partial charge is 0.494 e. The zero-order valence-corrected chi connectivity index (χ0v) is 13.9. The van der Waals surface area contributed by atoms with Crippen molar-refractivity contribution in [2.75, 3.05) is 12.4 Å². The molecule has 1 N–H and O–H groups in total. The molecule has 0 fully saturated rings. The van der Waals surface area contributed by atoms with E-state index in [1.165, 1.54) is 38.3 Å². The number of anilines is 1. The molecule has 2 rings (SSSR count). The third kappa shape index (κ3) is 5.17. The number of amides is 1. The van der Waals surface area contributed by atoms with E-state index in [4.69, 9.17) is 14.0 Å². The summed E-state index contributed by atoms with van der Waals surface area (Å²) in [4.78, 5) is 23.6. The van der Waals surface area contributed by atoms with Crippen molar-refractivity contribution in [3.05, 3.63) is 47.5 Å². The minimum absolute atomic E-state index is 0.105. The standard InChI is InChI=1S/C17H17FN2O5/c1-10-8-15(20-25-10)19-17(22)11(2)24-16(21)7-5-12-4-6-14(23-3)13(18)9-12/h4-9,11H,1-3H3,(H,19,20,22)/b7-5+/t11-/m0/s1. The molecule has 2 aromatic rings. The number of rotatable bonds is 6. The predicted octanol–water partition coefficient (Wildman–Crippen LogP) is 2.71. The molecule has 0 radical (unpaired) electrons. The summed E-state index contributed by atoms with van der Waals surface area (Å²) in [6, 6.07) is 5.77. The molecule has 1 heterocycles. The zero-order chi connectivity index (χ0) is 18.4. The molecule has 0 saturated heterocycles. The molecule has 0 aliphatic rings. The van der Waals surface area contributed by atoms with Crippen LogP contribution < -0.4 is 10.1 Å². The molecule has 1 atom stereocenters. The van der Waals surface area contributed by atoms with E-state index < -0.39 is 23.8 Å². The van der Waals surface area contributed by atoms with Gasteiger partial charge in [-0.25, -0.2) is 9.18 Å². The van der Waals surface area contributed by atoms with Gasteiger partial charge in [0.1, 0.15) is 5.76 Å². The molecule has 8 heteroatoms. The second-order valence-electron chi connectivity index (χ2n) is 5.12. The molecule has 1 aromatic carbocycles. The van der Waals surface area contributed by atoms with E-state index >= 15 is 0 Å². The van der Waals surface area contributed by atoms with Gasteiger partial charge in [-0.1, -0.05) is 11.2 Å². The Labute approximate surface area is 143 Å². The van der Waals surface area contributed by atoms with Crippen LogP contribution in [0, 0.1) is 12.7 Å². The first-order chi connectivity index (χ1) is 11.9. The van der Waals surface area contributed by atoms with E-state index in [2.05, 4.69) is 10.5 Å². The number of methoxy groups -OCH3 is 1. The van der Waals surface area contributed by atoms with Crippen molar-refractivity contribution in [2.24, 2.45) is 0 Å². The molecule has 25 heavy (non-hydrogen) atoms. The highest BCUT2D eigenvalue weighted by Gasteiger charge is 2.18. The molecule has 132 valence electrons. The molecule has 0 aliphatic carbocycles. The Morgan fingerprint density at radius 1 is 1.36 bits per heavy atom. The Kier molecular flexibility index (Phi) is 5.89. The van der Waals surface area contributed by atoms with Crippen molar-refractivity contribution in [3.8, 4) is 5.75 Å². The first kappa shape index (κ1) is 18.2. The van der Waals surface area contributed by atoms with Crippen LogP contribution in [0.15, 0.2) is 34.9 Å². The fraction of sp³-hybridized carbons (Fsp3) is 0.235. The Morgan fingerprint density at radius 3 is 2.72 bits per heavy atom. The third-order valence-corrected chi connectivity index (χ3v) is 3.13. The molecule has 0 unspecified atom stereocenters. The number of nitrogens with zero attached hydrogens (tertiary/aromatic N) is 1. The van der Waals surface area contributed by atoms with Crippen LogP contribution in [-0.4, -0.2) is 30.2 Å². The lowest BCUT2D eigenvalue weighted by atomic mass is 10.2. The monoisotopic (exact) mass is 348 g/mol. The second-order valence-corrected chi connectivity index (χ2v) is 5.12. The molecule has 0 spiro atoms. The number of hydrogen-bond donors (Lipinski definition) is 1. The van der Waals surface area contributed by atoms with E-state index in [1.54, 1.807) is 13.0 Å². The van der Waals surface area contributed by atoms with Crippen molar-refractivity contribution in [1.29, 1.82) is 0 Å². The fourth-order valence-corrected chi connectivity index (χ4v) is 1.87. The number of hydrogen-bond acceptors (Lipinski definition) is 6. The van der Waals surface area contributed by atoms with Crippen LogP contribution in [0.25, 0.3) is 6.08 Å². The fourth-order valence-electron chi connectivity index (χ4n) is 1.87. The second kappa shape index (κ2) is 8.09. The summed E-state index contributed by atoms with van der Waals surface area (Å²) in [6.07, 6.45) is 1.43. The number of aryl methyl sites for hydroxylation is 1. The van der Waals surface area contributed by atoms with Gasteiger partial charge >= 0.3 is 5.97 Å². The van der Waals surface area contributed by atoms with Gasteiger partial charge in [0.25, 0.3) is 5.91 Å². The van der Waals surface area contributed by atoms with Gasteiger partial charge in [0.05, 0.1) is 7.11 Å². The molecule has 0 aliphatic heterocycles. The summed E-state index contributed by atoms with van der Waals surface area (Å²) in [5, 5.41) is 6.06. The maximum absolute atomic E-state index is 13.6. The number of nitrogens with one attached hydrogen (secondary N) is 1. The molecular weight excluding hydrogens is 331 g/mol. The van der Waals surface area contributed by atoms with E-state index in [-0.39, 0.29) is 11.6 Å². The van der Waals surface area contributed by atoms with E-state index in [0.717, 1.165) is 6.08 Å². The maximum atomic E-state index is 13.6. The van der Waals surface area contributed by atoms with Crippen LogP contribution in [0.3, 0.4) is 0 Å². The Balaban J connectivity index is 1.90. The van der Waals surface area contributed by atoms with Gasteiger partial charge in [0, 0.05) is 12.1 Å². The van der Waals surface area contributed by atoms with Crippen molar-refractivity contribution in [2.45, 2.75) is 20.0 Å².